The number of nitrogens with two attached hydrogens (primary N) is 2. The van der Waals surface area contributed by atoms with Gasteiger partial charge in [-0.15, -0.1) is 0 Å². The van der Waals surface area contributed by atoms with Crippen LogP contribution in [0.25, 0.3) is 0 Å². The third-order valence-electron chi connectivity index (χ3n) is 1.73. The largest absolute Gasteiger partial charge is 0.398 e. The zero-order valence-corrected chi connectivity index (χ0v) is 7.41. The van der Waals surface area contributed by atoms with Crippen LogP contribution in [0.5, 0.6) is 0 Å². The van der Waals surface area contributed by atoms with E-state index < -0.39 is 5.91 Å². The number of nitrogen functional groups attached to an aromatic ring is 1. The van der Waals surface area contributed by atoms with E-state index >= 15 is 0 Å². The summed E-state index contributed by atoms with van der Waals surface area (Å²) in [5.41, 5.74) is 12.5. The Bertz CT molecular complexity index is 323. The van der Waals surface area contributed by atoms with E-state index in [1.807, 2.05) is 0 Å². The molecule has 0 fully saturated rings. The van der Waals surface area contributed by atoms with Gasteiger partial charge in [0.05, 0.1) is 6.61 Å². The van der Waals surface area contributed by atoms with Gasteiger partial charge in [0.15, 0.2) is 0 Å². The van der Waals surface area contributed by atoms with Gasteiger partial charge in [-0.25, -0.2) is 0 Å². The average molecular weight is 180 g/mol. The zero-order valence-electron chi connectivity index (χ0n) is 7.41. The molecule has 0 aliphatic rings. The Morgan fingerprint density at radius 1 is 1.54 bits per heavy atom. The molecule has 1 amide bonds. The summed E-state index contributed by atoms with van der Waals surface area (Å²) in [6, 6.07) is 4.92. The SMILES string of the molecule is COCc1ccc(C(N)=O)cc1N. The van der Waals surface area contributed by atoms with Crippen molar-refractivity contribution in [2.45, 2.75) is 6.61 Å². The van der Waals surface area contributed by atoms with Crippen LogP contribution >= 0.6 is 0 Å². The molecule has 0 aromatic heterocycles. The predicted molar refractivity (Wildman–Crippen MR) is 50.1 cm³/mol. The molecule has 4 N–H and O–H groups in total. The first-order valence-electron chi connectivity index (χ1n) is 3.82. The highest BCUT2D eigenvalue weighted by Gasteiger charge is 2.03. The van der Waals surface area contributed by atoms with Crippen molar-refractivity contribution >= 4 is 11.6 Å². The molecule has 1 rings (SSSR count). The number of methoxy groups -OCH3 is 1. The highest BCUT2D eigenvalue weighted by atomic mass is 16.5. The summed E-state index contributed by atoms with van der Waals surface area (Å²) in [6.07, 6.45) is 0. The molecular formula is C9H12N2O2. The molecule has 0 bridgehead atoms. The summed E-state index contributed by atoms with van der Waals surface area (Å²) in [6.45, 7) is 0.435. The van der Waals surface area contributed by atoms with Crippen LogP contribution in [0.4, 0.5) is 5.69 Å². The standard InChI is InChI=1S/C9H12N2O2/c1-13-5-7-3-2-6(9(11)12)4-8(7)10/h2-4H,5,10H2,1H3,(H2,11,12). The van der Waals surface area contributed by atoms with Gasteiger partial charge < -0.3 is 16.2 Å². The van der Waals surface area contributed by atoms with Crippen molar-refractivity contribution in [1.29, 1.82) is 0 Å². The molecule has 1 aromatic rings. The van der Waals surface area contributed by atoms with E-state index in [1.54, 1.807) is 25.3 Å². The van der Waals surface area contributed by atoms with Crippen molar-refractivity contribution in [2.24, 2.45) is 5.73 Å². The Labute approximate surface area is 76.5 Å². The average Bonchev–Trinajstić information content (AvgIpc) is 2.08. The summed E-state index contributed by atoms with van der Waals surface area (Å²) < 4.78 is 4.91. The number of benzene rings is 1. The molecule has 0 spiro atoms. The first-order valence-corrected chi connectivity index (χ1v) is 3.82. The molecule has 13 heavy (non-hydrogen) atoms. The van der Waals surface area contributed by atoms with E-state index in [0.29, 0.717) is 17.9 Å². The summed E-state index contributed by atoms with van der Waals surface area (Å²) in [5, 5.41) is 0. The fourth-order valence-electron chi connectivity index (χ4n) is 1.04. The van der Waals surface area contributed by atoms with E-state index in [1.165, 1.54) is 0 Å². The molecule has 0 unspecified atom stereocenters. The smallest absolute Gasteiger partial charge is 0.248 e. The highest BCUT2D eigenvalue weighted by molar-refractivity contribution is 5.93. The minimum atomic E-state index is -0.476. The van der Waals surface area contributed by atoms with Crippen LogP contribution in [0, 0.1) is 0 Å². The maximum Gasteiger partial charge on any atom is 0.248 e. The van der Waals surface area contributed by atoms with Crippen LogP contribution < -0.4 is 11.5 Å². The van der Waals surface area contributed by atoms with Gasteiger partial charge in [-0.05, 0) is 12.1 Å². The molecule has 0 saturated heterocycles. The molecule has 0 radical (unpaired) electrons. The number of anilines is 1. The lowest BCUT2D eigenvalue weighted by atomic mass is 10.1. The Morgan fingerprint density at radius 3 is 2.69 bits per heavy atom. The fourth-order valence-corrected chi connectivity index (χ4v) is 1.04. The van der Waals surface area contributed by atoms with Gasteiger partial charge in [-0.2, -0.15) is 0 Å². The number of carbonyl (C=O) groups excluding carboxylic acids is 1. The second-order valence-corrected chi connectivity index (χ2v) is 2.71. The number of hydrogen-bond acceptors (Lipinski definition) is 3. The first kappa shape index (κ1) is 9.54. The quantitative estimate of drug-likeness (QED) is 0.665. The molecular weight excluding hydrogens is 168 g/mol. The predicted octanol–water partition coefficient (Wildman–Crippen LogP) is 0.514. The highest BCUT2D eigenvalue weighted by Crippen LogP contribution is 2.14. The number of primary amides is 1. The Morgan fingerprint density at radius 2 is 2.23 bits per heavy atom. The summed E-state index contributed by atoms with van der Waals surface area (Å²) >= 11 is 0. The van der Waals surface area contributed by atoms with Crippen molar-refractivity contribution in [3.63, 3.8) is 0 Å². The molecule has 0 aliphatic carbocycles. The molecule has 0 aliphatic heterocycles. The van der Waals surface area contributed by atoms with Crippen molar-refractivity contribution in [2.75, 3.05) is 12.8 Å². The van der Waals surface area contributed by atoms with Crippen molar-refractivity contribution < 1.29 is 9.53 Å². The lowest BCUT2D eigenvalue weighted by molar-refractivity contribution is 0.1000. The van der Waals surface area contributed by atoms with Gasteiger partial charge in [0.2, 0.25) is 5.91 Å². The summed E-state index contributed by atoms with van der Waals surface area (Å²) in [7, 11) is 1.58. The van der Waals surface area contributed by atoms with E-state index in [2.05, 4.69) is 0 Å². The molecule has 70 valence electrons. The van der Waals surface area contributed by atoms with Gasteiger partial charge in [0.1, 0.15) is 0 Å². The van der Waals surface area contributed by atoms with Crippen molar-refractivity contribution in [1.82, 2.24) is 0 Å². The van der Waals surface area contributed by atoms with Crippen LogP contribution in [0.15, 0.2) is 18.2 Å². The van der Waals surface area contributed by atoms with E-state index in [9.17, 15) is 4.79 Å². The number of hydrogen-bond donors (Lipinski definition) is 2. The van der Waals surface area contributed by atoms with E-state index in [0.717, 1.165) is 5.56 Å². The zero-order chi connectivity index (χ0) is 9.84. The molecule has 0 heterocycles. The molecule has 4 nitrogen and oxygen atoms in total. The van der Waals surface area contributed by atoms with Crippen LogP contribution in [0.3, 0.4) is 0 Å². The Kier molecular flexibility index (Phi) is 2.87. The van der Waals surface area contributed by atoms with Crippen LogP contribution in [-0.2, 0) is 11.3 Å². The second-order valence-electron chi connectivity index (χ2n) is 2.71. The van der Waals surface area contributed by atoms with Gasteiger partial charge in [-0.1, -0.05) is 6.07 Å². The maximum atomic E-state index is 10.8. The van der Waals surface area contributed by atoms with Gasteiger partial charge in [-0.3, -0.25) is 4.79 Å². The topological polar surface area (TPSA) is 78.3 Å². The van der Waals surface area contributed by atoms with Crippen LogP contribution in [0.2, 0.25) is 0 Å². The Hall–Kier alpha value is -1.55. The van der Waals surface area contributed by atoms with Gasteiger partial charge in [0, 0.05) is 23.9 Å². The molecule has 0 saturated carbocycles. The minimum absolute atomic E-state index is 0.414. The summed E-state index contributed by atoms with van der Waals surface area (Å²) in [4.78, 5) is 10.8. The number of ether oxygens (including phenoxy) is 1. The van der Waals surface area contributed by atoms with Crippen molar-refractivity contribution in [3.05, 3.63) is 29.3 Å². The van der Waals surface area contributed by atoms with Crippen LogP contribution in [0.1, 0.15) is 15.9 Å². The molecule has 0 atom stereocenters. The summed E-state index contributed by atoms with van der Waals surface area (Å²) in [5.74, 6) is -0.476. The lowest BCUT2D eigenvalue weighted by Crippen LogP contribution is -2.11. The third-order valence-corrected chi connectivity index (χ3v) is 1.73. The van der Waals surface area contributed by atoms with E-state index in [-0.39, 0.29) is 0 Å². The Balaban J connectivity index is 2.98. The normalized spacial score (nSPS) is 9.92. The molecule has 4 heteroatoms. The van der Waals surface area contributed by atoms with Gasteiger partial charge in [0.25, 0.3) is 0 Å². The van der Waals surface area contributed by atoms with Crippen LogP contribution in [-0.4, -0.2) is 13.0 Å². The van der Waals surface area contributed by atoms with Crippen molar-refractivity contribution in [3.8, 4) is 0 Å². The van der Waals surface area contributed by atoms with E-state index in [4.69, 9.17) is 16.2 Å². The monoisotopic (exact) mass is 180 g/mol. The first-order chi connectivity index (χ1) is 6.15. The second kappa shape index (κ2) is 3.91. The molecule has 1 aromatic carbocycles. The fraction of sp³-hybridized carbons (Fsp3) is 0.222. The number of carbonyl (C=O) groups is 1. The van der Waals surface area contributed by atoms with Gasteiger partial charge >= 0.3 is 0 Å². The number of amides is 1. The third kappa shape index (κ3) is 2.19. The maximum absolute atomic E-state index is 10.8. The number of rotatable bonds is 3. The lowest BCUT2D eigenvalue weighted by Gasteiger charge is -2.05. The minimum Gasteiger partial charge on any atom is -0.398 e.